The fraction of sp³-hybridized carbons (Fsp3) is 0.389. The summed E-state index contributed by atoms with van der Waals surface area (Å²) in [6.07, 6.45) is 0. The maximum absolute atomic E-state index is 5.82. The summed E-state index contributed by atoms with van der Waals surface area (Å²) >= 11 is 1.31. The number of thioether (sulfide) groups is 1. The van der Waals surface area contributed by atoms with Gasteiger partial charge in [0.2, 0.25) is 23.5 Å². The van der Waals surface area contributed by atoms with Gasteiger partial charge in [0, 0.05) is 19.7 Å². The van der Waals surface area contributed by atoms with E-state index in [4.69, 9.17) is 24.4 Å². The lowest BCUT2D eigenvalue weighted by Gasteiger charge is -2.13. The standard InChI is InChI=1S/C18H23N7O4S/c1-9(14-20-16(19)22-17(21-14)25(2)3)30-18-24-23-15(29-18)10-7-11(26-4)13(28-6)12(8-10)27-5/h7-9H,1-6H3,(H2,19,20,21,22). The Morgan fingerprint density at radius 3 is 2.23 bits per heavy atom. The highest BCUT2D eigenvalue weighted by Gasteiger charge is 2.20. The summed E-state index contributed by atoms with van der Waals surface area (Å²) in [7, 11) is 8.29. The van der Waals surface area contributed by atoms with Gasteiger partial charge >= 0.3 is 0 Å². The Morgan fingerprint density at radius 2 is 1.67 bits per heavy atom. The van der Waals surface area contributed by atoms with Gasteiger partial charge in [0.1, 0.15) is 5.82 Å². The summed E-state index contributed by atoms with van der Waals surface area (Å²) in [5.41, 5.74) is 6.44. The Kier molecular flexibility index (Phi) is 6.45. The number of anilines is 2. The van der Waals surface area contributed by atoms with Gasteiger partial charge in [-0.15, -0.1) is 10.2 Å². The van der Waals surface area contributed by atoms with Gasteiger partial charge in [0.25, 0.3) is 5.22 Å². The number of hydrogen-bond acceptors (Lipinski definition) is 12. The van der Waals surface area contributed by atoms with E-state index in [9.17, 15) is 0 Å². The second-order valence-corrected chi connectivity index (χ2v) is 7.59. The molecule has 0 aliphatic heterocycles. The SMILES string of the molecule is COc1cc(-c2nnc(SC(C)c3nc(N)nc(N(C)C)n3)o2)cc(OC)c1OC. The van der Waals surface area contributed by atoms with Crippen molar-refractivity contribution in [3.63, 3.8) is 0 Å². The zero-order valence-corrected chi connectivity index (χ0v) is 18.4. The average molecular weight is 433 g/mol. The van der Waals surface area contributed by atoms with Crippen molar-refractivity contribution in [2.75, 3.05) is 46.1 Å². The van der Waals surface area contributed by atoms with E-state index in [0.29, 0.717) is 45.7 Å². The Hall–Kier alpha value is -3.28. The van der Waals surface area contributed by atoms with E-state index in [-0.39, 0.29) is 11.2 Å². The minimum absolute atomic E-state index is 0.153. The van der Waals surface area contributed by atoms with Crippen molar-refractivity contribution in [2.45, 2.75) is 17.4 Å². The van der Waals surface area contributed by atoms with Crippen LogP contribution in [0.2, 0.25) is 0 Å². The molecule has 1 unspecified atom stereocenters. The molecule has 2 heterocycles. The third-order valence-electron chi connectivity index (χ3n) is 4.02. The first-order valence-electron chi connectivity index (χ1n) is 8.85. The molecule has 0 fully saturated rings. The van der Waals surface area contributed by atoms with Gasteiger partial charge in [-0.1, -0.05) is 11.8 Å². The van der Waals surface area contributed by atoms with Gasteiger partial charge in [-0.3, -0.25) is 0 Å². The largest absolute Gasteiger partial charge is 0.493 e. The first kappa shape index (κ1) is 21.4. The first-order valence-corrected chi connectivity index (χ1v) is 9.73. The number of rotatable bonds is 8. The predicted molar refractivity (Wildman–Crippen MR) is 112 cm³/mol. The van der Waals surface area contributed by atoms with E-state index in [1.807, 2.05) is 21.0 Å². The van der Waals surface area contributed by atoms with Crippen LogP contribution in [0.4, 0.5) is 11.9 Å². The Labute approximate surface area is 178 Å². The molecule has 0 aliphatic rings. The molecular formula is C18H23N7O4S. The molecular weight excluding hydrogens is 410 g/mol. The van der Waals surface area contributed by atoms with Crippen LogP contribution in [0, 0.1) is 0 Å². The van der Waals surface area contributed by atoms with Crippen LogP contribution in [0.3, 0.4) is 0 Å². The highest BCUT2D eigenvalue weighted by Crippen LogP contribution is 2.41. The predicted octanol–water partition coefficient (Wildman–Crippen LogP) is 2.45. The third-order valence-corrected chi connectivity index (χ3v) is 4.95. The van der Waals surface area contributed by atoms with E-state index in [1.165, 1.54) is 11.8 Å². The summed E-state index contributed by atoms with van der Waals surface area (Å²) in [6, 6.07) is 3.48. The molecule has 0 amide bonds. The summed E-state index contributed by atoms with van der Waals surface area (Å²) in [5, 5.41) is 8.41. The minimum atomic E-state index is -0.192. The van der Waals surface area contributed by atoms with Gasteiger partial charge in [-0.05, 0) is 19.1 Å². The number of benzene rings is 1. The quantitative estimate of drug-likeness (QED) is 0.523. The molecule has 2 N–H and O–H groups in total. The second kappa shape index (κ2) is 9.03. The van der Waals surface area contributed by atoms with E-state index in [1.54, 1.807) is 38.4 Å². The molecule has 0 aliphatic carbocycles. The zero-order valence-electron chi connectivity index (χ0n) is 17.5. The average Bonchev–Trinajstić information content (AvgIpc) is 3.20. The van der Waals surface area contributed by atoms with Crippen LogP contribution in [0.5, 0.6) is 17.2 Å². The fourth-order valence-corrected chi connectivity index (χ4v) is 3.29. The monoisotopic (exact) mass is 433 g/mol. The smallest absolute Gasteiger partial charge is 0.277 e. The molecule has 0 radical (unpaired) electrons. The van der Waals surface area contributed by atoms with Crippen molar-refractivity contribution in [2.24, 2.45) is 0 Å². The molecule has 160 valence electrons. The minimum Gasteiger partial charge on any atom is -0.493 e. The third kappa shape index (κ3) is 4.48. The summed E-state index contributed by atoms with van der Waals surface area (Å²) in [4.78, 5) is 14.5. The van der Waals surface area contributed by atoms with Crippen LogP contribution < -0.4 is 24.8 Å². The molecule has 2 aromatic heterocycles. The van der Waals surface area contributed by atoms with Crippen molar-refractivity contribution in [1.29, 1.82) is 0 Å². The summed E-state index contributed by atoms with van der Waals surface area (Å²) in [6.45, 7) is 1.92. The lowest BCUT2D eigenvalue weighted by Crippen LogP contribution is -2.16. The van der Waals surface area contributed by atoms with Gasteiger partial charge in [0.15, 0.2) is 11.5 Å². The van der Waals surface area contributed by atoms with Gasteiger partial charge in [-0.2, -0.15) is 15.0 Å². The topological polar surface area (TPSA) is 135 Å². The first-order chi connectivity index (χ1) is 14.4. The summed E-state index contributed by atoms with van der Waals surface area (Å²) < 4.78 is 21.9. The van der Waals surface area contributed by atoms with Crippen LogP contribution in [0.15, 0.2) is 21.8 Å². The molecule has 30 heavy (non-hydrogen) atoms. The molecule has 0 bridgehead atoms. The van der Waals surface area contributed by atoms with Gasteiger partial charge in [0.05, 0.1) is 26.6 Å². The zero-order chi connectivity index (χ0) is 21.8. The molecule has 0 spiro atoms. The number of hydrogen-bond donors (Lipinski definition) is 1. The van der Waals surface area contributed by atoms with Gasteiger partial charge in [-0.25, -0.2) is 0 Å². The van der Waals surface area contributed by atoms with E-state index >= 15 is 0 Å². The highest BCUT2D eigenvalue weighted by molar-refractivity contribution is 7.99. The van der Waals surface area contributed by atoms with Crippen LogP contribution in [0.1, 0.15) is 18.0 Å². The number of nitrogens with two attached hydrogens (primary N) is 1. The van der Waals surface area contributed by atoms with E-state index < -0.39 is 0 Å². The summed E-state index contributed by atoms with van der Waals surface area (Å²) in [5.74, 6) is 2.93. The number of nitrogen functional groups attached to an aromatic ring is 1. The van der Waals surface area contributed by atoms with Crippen LogP contribution in [0.25, 0.3) is 11.5 Å². The normalized spacial score (nSPS) is 11.8. The molecule has 1 aromatic carbocycles. The Balaban J connectivity index is 1.85. The molecule has 11 nitrogen and oxygen atoms in total. The van der Waals surface area contributed by atoms with Gasteiger partial charge < -0.3 is 29.3 Å². The van der Waals surface area contributed by atoms with E-state index in [2.05, 4.69) is 25.1 Å². The lowest BCUT2D eigenvalue weighted by molar-refractivity contribution is 0.324. The molecule has 0 saturated carbocycles. The number of nitrogens with zero attached hydrogens (tertiary/aromatic N) is 6. The van der Waals surface area contributed by atoms with Crippen molar-refractivity contribution >= 4 is 23.7 Å². The Bertz CT molecular complexity index is 1000. The van der Waals surface area contributed by atoms with Crippen molar-refractivity contribution < 1.29 is 18.6 Å². The molecule has 12 heteroatoms. The number of ether oxygens (including phenoxy) is 3. The van der Waals surface area contributed by atoms with Crippen LogP contribution in [-0.4, -0.2) is 60.6 Å². The van der Waals surface area contributed by atoms with E-state index in [0.717, 1.165) is 0 Å². The van der Waals surface area contributed by atoms with Crippen LogP contribution in [-0.2, 0) is 0 Å². The second-order valence-electron chi connectivity index (χ2n) is 6.29. The molecule has 3 aromatic rings. The van der Waals surface area contributed by atoms with Crippen molar-refractivity contribution in [1.82, 2.24) is 25.1 Å². The maximum atomic E-state index is 5.82. The number of aromatic nitrogens is 5. The van der Waals surface area contributed by atoms with Crippen molar-refractivity contribution in [3.05, 3.63) is 18.0 Å². The lowest BCUT2D eigenvalue weighted by atomic mass is 10.2. The molecule has 1 atom stereocenters. The fourth-order valence-electron chi connectivity index (χ4n) is 2.56. The number of methoxy groups -OCH3 is 3. The highest BCUT2D eigenvalue weighted by atomic mass is 32.2. The molecule has 0 saturated heterocycles. The molecule has 3 rings (SSSR count). The maximum Gasteiger partial charge on any atom is 0.277 e. The van der Waals surface area contributed by atoms with Crippen molar-refractivity contribution in [3.8, 4) is 28.7 Å². The Morgan fingerprint density at radius 1 is 1.00 bits per heavy atom. The van der Waals surface area contributed by atoms with Crippen LogP contribution >= 0.6 is 11.8 Å².